The molecule has 1 aromatic rings. The Hall–Kier alpha value is -2.02. The van der Waals surface area contributed by atoms with E-state index in [0.29, 0.717) is 12.5 Å². The summed E-state index contributed by atoms with van der Waals surface area (Å²) in [5.41, 5.74) is -0.158. The minimum Gasteiger partial charge on any atom is -0.386 e. The van der Waals surface area contributed by atoms with E-state index in [0.717, 1.165) is 17.0 Å². The average molecular weight is 312 g/mol. The number of nitrogens with zero attached hydrogens (tertiary/aromatic N) is 1. The summed E-state index contributed by atoms with van der Waals surface area (Å²) in [6, 6.07) is 1.51. The standard InChI is InChI=1S/C15H18F2N2O3/c1-8(2)5-12-14(21)19(15(22)18-12)7-13(20)10-4-3-9(16)6-11(10)17/h3-4,6,8,12-13,20H,5,7H2,1-2H3,(H,18,22). The van der Waals surface area contributed by atoms with Crippen LogP contribution in [0.15, 0.2) is 18.2 Å². The minimum atomic E-state index is -1.41. The summed E-state index contributed by atoms with van der Waals surface area (Å²) < 4.78 is 26.5. The summed E-state index contributed by atoms with van der Waals surface area (Å²) >= 11 is 0. The van der Waals surface area contributed by atoms with Gasteiger partial charge < -0.3 is 10.4 Å². The third-order valence-electron chi connectivity index (χ3n) is 3.49. The zero-order valence-electron chi connectivity index (χ0n) is 12.3. The Bertz CT molecular complexity index is 592. The van der Waals surface area contributed by atoms with Crippen LogP contribution in [0.5, 0.6) is 0 Å². The fraction of sp³-hybridized carbons (Fsp3) is 0.467. The Kier molecular flexibility index (Phi) is 4.75. The lowest BCUT2D eigenvalue weighted by Gasteiger charge is -2.18. The number of aliphatic hydroxyl groups excluding tert-OH is 1. The van der Waals surface area contributed by atoms with E-state index < -0.39 is 35.7 Å². The van der Waals surface area contributed by atoms with Crippen LogP contribution in [0, 0.1) is 17.6 Å². The van der Waals surface area contributed by atoms with Gasteiger partial charge in [-0.25, -0.2) is 13.6 Å². The van der Waals surface area contributed by atoms with Gasteiger partial charge in [0.25, 0.3) is 5.91 Å². The van der Waals surface area contributed by atoms with Crippen LogP contribution in [0.1, 0.15) is 31.9 Å². The summed E-state index contributed by atoms with van der Waals surface area (Å²) in [5, 5.41) is 12.6. The van der Waals surface area contributed by atoms with Gasteiger partial charge in [-0.3, -0.25) is 9.69 Å². The third kappa shape index (κ3) is 3.41. The highest BCUT2D eigenvalue weighted by molar-refractivity contribution is 6.04. The molecule has 1 aliphatic rings. The van der Waals surface area contributed by atoms with Crippen molar-refractivity contribution in [1.82, 2.24) is 10.2 Å². The SMILES string of the molecule is CC(C)CC1NC(=O)N(CC(O)c2ccc(F)cc2F)C1=O. The average Bonchev–Trinajstić information content (AvgIpc) is 2.65. The van der Waals surface area contributed by atoms with Gasteiger partial charge in [0.1, 0.15) is 17.7 Å². The molecule has 1 fully saturated rings. The Morgan fingerprint density at radius 2 is 2.00 bits per heavy atom. The van der Waals surface area contributed by atoms with Crippen LogP contribution in [-0.4, -0.2) is 34.5 Å². The minimum absolute atomic E-state index is 0.158. The first-order chi connectivity index (χ1) is 10.3. The summed E-state index contributed by atoms with van der Waals surface area (Å²) in [7, 11) is 0. The van der Waals surface area contributed by atoms with Gasteiger partial charge in [-0.1, -0.05) is 19.9 Å². The lowest BCUT2D eigenvalue weighted by atomic mass is 10.0. The number of halogens is 2. The van der Waals surface area contributed by atoms with E-state index in [1.807, 2.05) is 13.8 Å². The van der Waals surface area contributed by atoms with E-state index >= 15 is 0 Å². The fourth-order valence-electron chi connectivity index (χ4n) is 2.42. The number of benzene rings is 1. The maximum atomic E-state index is 13.6. The second-order valence-electron chi connectivity index (χ2n) is 5.76. The highest BCUT2D eigenvalue weighted by atomic mass is 19.1. The first-order valence-corrected chi connectivity index (χ1v) is 7.04. The molecule has 5 nitrogen and oxygen atoms in total. The molecule has 2 atom stereocenters. The molecule has 22 heavy (non-hydrogen) atoms. The van der Waals surface area contributed by atoms with E-state index in [4.69, 9.17) is 0 Å². The van der Waals surface area contributed by atoms with Crippen molar-refractivity contribution in [3.8, 4) is 0 Å². The number of hydrogen-bond acceptors (Lipinski definition) is 3. The zero-order chi connectivity index (χ0) is 16.4. The first kappa shape index (κ1) is 16.4. The van der Waals surface area contributed by atoms with Crippen molar-refractivity contribution in [2.24, 2.45) is 5.92 Å². The number of urea groups is 1. The van der Waals surface area contributed by atoms with Crippen molar-refractivity contribution in [1.29, 1.82) is 0 Å². The fourth-order valence-corrected chi connectivity index (χ4v) is 2.42. The number of carbonyl (C=O) groups is 2. The van der Waals surface area contributed by atoms with Gasteiger partial charge in [-0.2, -0.15) is 0 Å². The Morgan fingerprint density at radius 3 is 2.59 bits per heavy atom. The van der Waals surface area contributed by atoms with Gasteiger partial charge in [0.2, 0.25) is 0 Å². The van der Waals surface area contributed by atoms with Gasteiger partial charge >= 0.3 is 6.03 Å². The molecule has 2 unspecified atom stereocenters. The molecule has 1 heterocycles. The molecule has 0 saturated carbocycles. The molecular weight excluding hydrogens is 294 g/mol. The molecule has 0 aromatic heterocycles. The lowest BCUT2D eigenvalue weighted by molar-refractivity contribution is -0.128. The number of hydrogen-bond donors (Lipinski definition) is 2. The van der Waals surface area contributed by atoms with Crippen LogP contribution in [0.25, 0.3) is 0 Å². The van der Waals surface area contributed by atoms with Gasteiger partial charge in [-0.15, -0.1) is 0 Å². The van der Waals surface area contributed by atoms with Gasteiger partial charge in [-0.05, 0) is 18.4 Å². The van der Waals surface area contributed by atoms with Crippen LogP contribution in [0.4, 0.5) is 13.6 Å². The second-order valence-corrected chi connectivity index (χ2v) is 5.76. The molecular formula is C15H18F2N2O3. The van der Waals surface area contributed by atoms with E-state index in [-0.39, 0.29) is 18.0 Å². The molecule has 7 heteroatoms. The van der Waals surface area contributed by atoms with Crippen LogP contribution >= 0.6 is 0 Å². The van der Waals surface area contributed by atoms with E-state index in [9.17, 15) is 23.5 Å². The molecule has 1 aliphatic heterocycles. The predicted molar refractivity (Wildman–Crippen MR) is 74.8 cm³/mol. The normalized spacial score (nSPS) is 19.7. The summed E-state index contributed by atoms with van der Waals surface area (Å²) in [6.45, 7) is 3.47. The molecule has 2 rings (SSSR count). The largest absolute Gasteiger partial charge is 0.386 e. The van der Waals surface area contributed by atoms with Crippen molar-refractivity contribution in [3.63, 3.8) is 0 Å². The molecule has 1 saturated heterocycles. The monoisotopic (exact) mass is 312 g/mol. The molecule has 0 bridgehead atoms. The number of imide groups is 1. The number of nitrogens with one attached hydrogen (secondary N) is 1. The Balaban J connectivity index is 2.09. The van der Waals surface area contributed by atoms with E-state index in [1.54, 1.807) is 0 Å². The Morgan fingerprint density at radius 1 is 1.32 bits per heavy atom. The number of aliphatic hydroxyl groups is 1. The molecule has 2 N–H and O–H groups in total. The van der Waals surface area contributed by atoms with Crippen molar-refractivity contribution >= 4 is 11.9 Å². The number of amides is 3. The smallest absolute Gasteiger partial charge is 0.324 e. The van der Waals surface area contributed by atoms with Crippen LogP contribution < -0.4 is 5.32 Å². The molecule has 1 aromatic carbocycles. The molecule has 0 spiro atoms. The number of β-amino-alcohol motifs (C(OH)–C–C–N with tert-alkyl or cyclic N) is 1. The summed E-state index contributed by atoms with van der Waals surface area (Å²) in [5.74, 6) is -1.91. The number of carbonyl (C=O) groups excluding carboxylic acids is 2. The highest BCUT2D eigenvalue weighted by Crippen LogP contribution is 2.22. The molecule has 3 amide bonds. The zero-order valence-corrected chi connectivity index (χ0v) is 12.3. The van der Waals surface area contributed by atoms with E-state index in [2.05, 4.69) is 5.32 Å². The molecule has 0 aliphatic carbocycles. The molecule has 0 radical (unpaired) electrons. The number of rotatable bonds is 5. The van der Waals surface area contributed by atoms with Crippen molar-refractivity contribution in [3.05, 3.63) is 35.4 Å². The lowest BCUT2D eigenvalue weighted by Crippen LogP contribution is -2.35. The third-order valence-corrected chi connectivity index (χ3v) is 3.49. The van der Waals surface area contributed by atoms with Gasteiger partial charge in [0.05, 0.1) is 12.6 Å². The van der Waals surface area contributed by atoms with Gasteiger partial charge in [0.15, 0.2) is 0 Å². The van der Waals surface area contributed by atoms with Crippen molar-refractivity contribution < 1.29 is 23.5 Å². The highest BCUT2D eigenvalue weighted by Gasteiger charge is 2.39. The van der Waals surface area contributed by atoms with E-state index in [1.165, 1.54) is 0 Å². The Labute approximate surface area is 126 Å². The van der Waals surface area contributed by atoms with Gasteiger partial charge in [0, 0.05) is 11.6 Å². The van der Waals surface area contributed by atoms with Crippen molar-refractivity contribution in [2.45, 2.75) is 32.4 Å². The van der Waals surface area contributed by atoms with Crippen LogP contribution in [0.2, 0.25) is 0 Å². The predicted octanol–water partition coefficient (Wildman–Crippen LogP) is 1.96. The summed E-state index contributed by atoms with van der Waals surface area (Å²) in [6.07, 6.45) is -0.921. The quantitative estimate of drug-likeness (QED) is 0.817. The first-order valence-electron chi connectivity index (χ1n) is 7.04. The van der Waals surface area contributed by atoms with Crippen molar-refractivity contribution in [2.75, 3.05) is 6.54 Å². The molecule has 120 valence electrons. The maximum Gasteiger partial charge on any atom is 0.324 e. The van der Waals surface area contributed by atoms with Crippen LogP contribution in [-0.2, 0) is 4.79 Å². The summed E-state index contributed by atoms with van der Waals surface area (Å²) in [4.78, 5) is 24.8. The maximum absolute atomic E-state index is 13.6. The van der Waals surface area contributed by atoms with Crippen LogP contribution in [0.3, 0.4) is 0 Å². The second kappa shape index (κ2) is 6.39. The topological polar surface area (TPSA) is 69.6 Å².